The summed E-state index contributed by atoms with van der Waals surface area (Å²) in [5.41, 5.74) is 0. The Bertz CT molecular complexity index is 33.3. The first-order chi connectivity index (χ1) is 3.81. The summed E-state index contributed by atoms with van der Waals surface area (Å²) in [4.78, 5) is 0. The van der Waals surface area contributed by atoms with E-state index in [2.05, 4.69) is 27.2 Å². The van der Waals surface area contributed by atoms with Gasteiger partial charge in [0.2, 0.25) is 0 Å². The van der Waals surface area contributed by atoms with Gasteiger partial charge in [-0.05, 0) is 12.3 Å². The van der Waals surface area contributed by atoms with Crippen molar-refractivity contribution in [2.75, 3.05) is 0 Å². The summed E-state index contributed by atoms with van der Waals surface area (Å²) in [6.07, 6.45) is 5.85. The summed E-state index contributed by atoms with van der Waals surface area (Å²) in [6, 6.07) is 0. The van der Waals surface area contributed by atoms with Gasteiger partial charge in [0.15, 0.2) is 0 Å². The third-order valence-electron chi connectivity index (χ3n) is 1.30. The van der Waals surface area contributed by atoms with Gasteiger partial charge in [-0.2, -0.15) is 0 Å². The summed E-state index contributed by atoms with van der Waals surface area (Å²) < 4.78 is 0. The molecule has 0 spiro atoms. The smallest absolute Gasteiger partial charge is 0.0360 e. The predicted molar refractivity (Wildman–Crippen MR) is 38.3 cm³/mol. The minimum absolute atomic E-state index is 0.775. The average Bonchev–Trinajstić information content (AvgIpc) is 1.68. The molecule has 0 aromatic heterocycles. The lowest BCUT2D eigenvalue weighted by Crippen LogP contribution is -1.92. The first-order valence-corrected chi connectivity index (χ1v) is 3.43. The highest BCUT2D eigenvalue weighted by Crippen LogP contribution is 2.09. The van der Waals surface area contributed by atoms with E-state index in [-0.39, 0.29) is 0 Å². The normalized spacial score (nSPS) is 10.5. The molecule has 0 rings (SSSR count). The van der Waals surface area contributed by atoms with Crippen LogP contribution in [-0.2, 0) is 0 Å². The molecular weight excluding hydrogens is 96.1 g/mol. The van der Waals surface area contributed by atoms with Crippen molar-refractivity contribution in [2.24, 2.45) is 5.92 Å². The Hall–Kier alpha value is 0. The topological polar surface area (TPSA) is 0 Å². The van der Waals surface area contributed by atoms with Gasteiger partial charge in [-0.15, -0.1) is 0 Å². The fourth-order valence-corrected chi connectivity index (χ4v) is 0.842. The summed E-state index contributed by atoms with van der Waals surface area (Å²) in [6.45, 7) is 8.21. The van der Waals surface area contributed by atoms with Gasteiger partial charge < -0.3 is 0 Å². The van der Waals surface area contributed by atoms with Crippen LogP contribution >= 0.6 is 0 Å². The number of rotatable bonds is 4. The molecule has 0 saturated heterocycles. The van der Waals surface area contributed by atoms with Crippen molar-refractivity contribution in [3.05, 3.63) is 13.3 Å². The monoisotopic (exact) mass is 112 g/mol. The minimum atomic E-state index is 0.775. The van der Waals surface area contributed by atoms with Gasteiger partial charge >= 0.3 is 0 Å². The first-order valence-electron chi connectivity index (χ1n) is 3.43. The standard InChI is InChI=1S/C8H16/c1-4-6-8(3)7-5-2/h7-8H,1,4-6H2,2-3H3. The maximum absolute atomic E-state index is 3.79. The second kappa shape index (κ2) is 5.14. The Morgan fingerprint density at radius 2 is 2.25 bits per heavy atom. The van der Waals surface area contributed by atoms with Gasteiger partial charge in [-0.25, -0.2) is 0 Å². The van der Waals surface area contributed by atoms with Crippen LogP contribution < -0.4 is 0 Å². The third-order valence-corrected chi connectivity index (χ3v) is 1.30. The molecule has 1 unspecified atom stereocenters. The quantitative estimate of drug-likeness (QED) is 0.524. The highest BCUT2D eigenvalue weighted by atomic mass is 14.0. The fraction of sp³-hybridized carbons (Fsp3) is 0.750. The molecule has 0 fully saturated rings. The van der Waals surface area contributed by atoms with Crippen LogP contribution in [0.4, 0.5) is 0 Å². The van der Waals surface area contributed by atoms with E-state index >= 15 is 0 Å². The highest BCUT2D eigenvalue weighted by molar-refractivity contribution is 4.70. The van der Waals surface area contributed by atoms with E-state index in [4.69, 9.17) is 0 Å². The van der Waals surface area contributed by atoms with Crippen LogP contribution in [0.25, 0.3) is 0 Å². The Kier molecular flexibility index (Phi) is 5.14. The molecule has 1 atom stereocenters. The molecule has 0 heterocycles. The molecule has 0 nitrogen and oxygen atoms in total. The van der Waals surface area contributed by atoms with Gasteiger partial charge in [0.05, 0.1) is 0 Å². The van der Waals surface area contributed by atoms with E-state index in [0.29, 0.717) is 0 Å². The van der Waals surface area contributed by atoms with Gasteiger partial charge in [0.25, 0.3) is 0 Å². The molecule has 0 aliphatic carbocycles. The Morgan fingerprint density at radius 3 is 2.62 bits per heavy atom. The van der Waals surface area contributed by atoms with Gasteiger partial charge in [-0.1, -0.05) is 40.0 Å². The van der Waals surface area contributed by atoms with Crippen molar-refractivity contribution in [2.45, 2.75) is 33.1 Å². The largest absolute Gasteiger partial charge is 0.0651 e. The Labute approximate surface area is 53.3 Å². The van der Waals surface area contributed by atoms with Crippen LogP contribution in [-0.4, -0.2) is 0 Å². The lowest BCUT2D eigenvalue weighted by Gasteiger charge is -2.05. The van der Waals surface area contributed by atoms with Gasteiger partial charge in [0, 0.05) is 0 Å². The fourth-order valence-electron chi connectivity index (χ4n) is 0.842. The molecule has 0 bridgehead atoms. The van der Waals surface area contributed by atoms with E-state index in [1.807, 2.05) is 0 Å². The molecule has 0 heteroatoms. The first kappa shape index (κ1) is 8.00. The second-order valence-electron chi connectivity index (χ2n) is 2.26. The zero-order chi connectivity index (χ0) is 6.41. The van der Waals surface area contributed by atoms with E-state index in [1.165, 1.54) is 12.8 Å². The average molecular weight is 112 g/mol. The molecule has 2 radical (unpaired) electrons. The van der Waals surface area contributed by atoms with Gasteiger partial charge in [0.1, 0.15) is 0 Å². The molecule has 0 aliphatic heterocycles. The third kappa shape index (κ3) is 4.17. The second-order valence-corrected chi connectivity index (χ2v) is 2.26. The predicted octanol–water partition coefficient (Wildman–Crippen LogP) is 2.85. The molecule has 0 aromatic carbocycles. The van der Waals surface area contributed by atoms with E-state index in [9.17, 15) is 0 Å². The van der Waals surface area contributed by atoms with Crippen LogP contribution in [0.3, 0.4) is 0 Å². The molecule has 0 amide bonds. The summed E-state index contributed by atoms with van der Waals surface area (Å²) in [7, 11) is 0. The lowest BCUT2D eigenvalue weighted by molar-refractivity contribution is 0.595. The van der Waals surface area contributed by atoms with E-state index in [1.54, 1.807) is 0 Å². The zero-order valence-electron chi connectivity index (χ0n) is 5.98. The molecule has 48 valence electrons. The molecular formula is C8H16. The van der Waals surface area contributed by atoms with Crippen LogP contribution in [0.2, 0.25) is 0 Å². The maximum atomic E-state index is 3.79. The van der Waals surface area contributed by atoms with Gasteiger partial charge in [-0.3, -0.25) is 0 Å². The number of hydrogen-bond acceptors (Lipinski definition) is 0. The lowest BCUT2D eigenvalue weighted by atomic mass is 10.0. The molecule has 0 saturated carbocycles. The van der Waals surface area contributed by atoms with Crippen molar-refractivity contribution in [3.63, 3.8) is 0 Å². The zero-order valence-corrected chi connectivity index (χ0v) is 5.98. The van der Waals surface area contributed by atoms with Crippen LogP contribution in [0, 0.1) is 19.3 Å². The molecule has 0 aromatic rings. The molecule has 8 heavy (non-hydrogen) atoms. The summed E-state index contributed by atoms with van der Waals surface area (Å²) in [5, 5.41) is 0. The Balaban J connectivity index is 2.92. The van der Waals surface area contributed by atoms with Crippen LogP contribution in [0.5, 0.6) is 0 Å². The van der Waals surface area contributed by atoms with Crippen molar-refractivity contribution in [1.29, 1.82) is 0 Å². The molecule has 0 N–H and O–H groups in total. The summed E-state index contributed by atoms with van der Waals surface area (Å²) >= 11 is 0. The Morgan fingerprint density at radius 1 is 1.62 bits per heavy atom. The summed E-state index contributed by atoms with van der Waals surface area (Å²) in [5.74, 6) is 0.775. The van der Waals surface area contributed by atoms with Crippen molar-refractivity contribution >= 4 is 0 Å². The minimum Gasteiger partial charge on any atom is -0.0651 e. The van der Waals surface area contributed by atoms with Crippen molar-refractivity contribution in [1.82, 2.24) is 0 Å². The maximum Gasteiger partial charge on any atom is -0.0360 e. The van der Waals surface area contributed by atoms with E-state index < -0.39 is 0 Å². The van der Waals surface area contributed by atoms with Crippen molar-refractivity contribution in [3.8, 4) is 0 Å². The highest BCUT2D eigenvalue weighted by Gasteiger charge is 1.96. The van der Waals surface area contributed by atoms with Crippen LogP contribution in [0.15, 0.2) is 0 Å². The number of hydrogen-bond donors (Lipinski definition) is 0. The SMILES string of the molecule is [CH2]CCC(C)[CH]CC. The van der Waals surface area contributed by atoms with Crippen molar-refractivity contribution < 1.29 is 0 Å². The molecule has 0 aliphatic rings. The van der Waals surface area contributed by atoms with Crippen LogP contribution in [0.1, 0.15) is 33.1 Å². The van der Waals surface area contributed by atoms with E-state index in [0.717, 1.165) is 12.3 Å².